The molecule has 0 unspecified atom stereocenters. The molecule has 0 amide bonds. The zero-order valence-electron chi connectivity index (χ0n) is 15.0. The van der Waals surface area contributed by atoms with Gasteiger partial charge in [-0.3, -0.25) is 0 Å². The molecule has 10 heteroatoms. The number of carbonyl (C=O) groups excluding carboxylic acids is 1. The molecule has 0 aliphatic heterocycles. The summed E-state index contributed by atoms with van der Waals surface area (Å²) in [7, 11) is -4.58. The molecule has 0 spiro atoms. The van der Waals surface area contributed by atoms with Gasteiger partial charge in [-0.1, -0.05) is 13.0 Å². The van der Waals surface area contributed by atoms with Crippen molar-refractivity contribution in [1.82, 2.24) is 0 Å². The second-order valence-electron chi connectivity index (χ2n) is 6.54. The van der Waals surface area contributed by atoms with Crippen LogP contribution in [-0.2, 0) is 21.0 Å². The molecule has 0 aromatic heterocycles. The first-order chi connectivity index (χ1) is 13.0. The van der Waals surface area contributed by atoms with E-state index in [4.69, 9.17) is 4.74 Å². The van der Waals surface area contributed by atoms with Crippen LogP contribution in [0.15, 0.2) is 30.9 Å². The maximum Gasteiger partial charge on any atom is 0.419 e. The van der Waals surface area contributed by atoms with Crippen molar-refractivity contribution in [3.05, 3.63) is 42.0 Å². The van der Waals surface area contributed by atoms with E-state index in [1.54, 1.807) is 0 Å². The molecule has 1 aliphatic rings. The summed E-state index contributed by atoms with van der Waals surface area (Å²) >= 11 is 0. The third-order valence-electron chi connectivity index (χ3n) is 4.47. The molecule has 1 aromatic carbocycles. The van der Waals surface area contributed by atoms with E-state index < -0.39 is 51.5 Å². The highest BCUT2D eigenvalue weighted by Crippen LogP contribution is 2.41. The average molecular weight is 421 g/mol. The summed E-state index contributed by atoms with van der Waals surface area (Å²) in [6.45, 7) is 2.99. The highest BCUT2D eigenvalue weighted by Gasteiger charge is 2.38. The lowest BCUT2D eigenvalue weighted by Gasteiger charge is -2.35. The van der Waals surface area contributed by atoms with Gasteiger partial charge in [-0.15, -0.1) is 0 Å². The first-order valence-electron chi connectivity index (χ1n) is 8.60. The van der Waals surface area contributed by atoms with E-state index in [0.29, 0.717) is 18.9 Å². The quantitative estimate of drug-likeness (QED) is 0.379. The molecule has 0 N–H and O–H groups in total. The number of esters is 1. The molecule has 1 fully saturated rings. The van der Waals surface area contributed by atoms with E-state index in [-0.39, 0.29) is 5.56 Å². The molecule has 6 nitrogen and oxygen atoms in total. The van der Waals surface area contributed by atoms with Gasteiger partial charge in [0.2, 0.25) is 0 Å². The van der Waals surface area contributed by atoms with Crippen LogP contribution < -0.4 is 4.74 Å². The second-order valence-corrected chi connectivity index (χ2v) is 8.06. The van der Waals surface area contributed by atoms with Crippen LogP contribution in [0.3, 0.4) is 0 Å². The maximum absolute atomic E-state index is 13.4. The van der Waals surface area contributed by atoms with E-state index in [2.05, 4.69) is 11.3 Å². The van der Waals surface area contributed by atoms with E-state index in [0.717, 1.165) is 31.4 Å². The first-order valence-corrected chi connectivity index (χ1v) is 10.2. The Morgan fingerprint density at radius 2 is 1.89 bits per heavy atom. The van der Waals surface area contributed by atoms with Gasteiger partial charge >= 0.3 is 12.1 Å². The molecule has 0 bridgehead atoms. The number of ether oxygens (including phenoxy) is 2. The number of alkyl halides is 3. The topological polar surface area (TPSA) is 92.7 Å². The molecule has 2 rings (SSSR count). The third kappa shape index (κ3) is 5.96. The average Bonchev–Trinajstić information content (AvgIpc) is 2.60. The van der Waals surface area contributed by atoms with Crippen LogP contribution in [0.1, 0.15) is 48.0 Å². The Bertz CT molecular complexity index is 826. The fourth-order valence-corrected chi connectivity index (χ4v) is 3.29. The highest BCUT2D eigenvalue weighted by molar-refractivity contribution is 7.85. The second kappa shape index (κ2) is 8.52. The minimum absolute atomic E-state index is 0.249. The largest absolute Gasteiger partial charge is 0.748 e. The highest BCUT2D eigenvalue weighted by atomic mass is 32.2. The van der Waals surface area contributed by atoms with Gasteiger partial charge in [0.1, 0.15) is 18.0 Å². The molecule has 1 aliphatic carbocycles. The van der Waals surface area contributed by atoms with E-state index in [1.165, 1.54) is 6.08 Å². The van der Waals surface area contributed by atoms with Gasteiger partial charge < -0.3 is 14.0 Å². The summed E-state index contributed by atoms with van der Waals surface area (Å²) in [5.41, 5.74) is -2.25. The van der Waals surface area contributed by atoms with Crippen molar-refractivity contribution in [3.8, 4) is 5.75 Å². The zero-order chi connectivity index (χ0) is 21.0. The van der Waals surface area contributed by atoms with E-state index in [1.807, 2.05) is 0 Å². The van der Waals surface area contributed by atoms with Gasteiger partial charge in [-0.05, 0) is 50.0 Å². The van der Waals surface area contributed by atoms with Gasteiger partial charge in [-0.2, -0.15) is 13.2 Å². The van der Waals surface area contributed by atoms with Gasteiger partial charge in [0.05, 0.1) is 27.0 Å². The Morgan fingerprint density at radius 3 is 2.43 bits per heavy atom. The molecule has 1 aromatic rings. The molecule has 0 heterocycles. The first kappa shape index (κ1) is 22.2. The van der Waals surface area contributed by atoms with Crippen LogP contribution in [0.4, 0.5) is 13.2 Å². The Kier molecular flexibility index (Phi) is 6.76. The summed E-state index contributed by atoms with van der Waals surface area (Å²) in [6.07, 6.45) is 0.285. The molecule has 28 heavy (non-hydrogen) atoms. The van der Waals surface area contributed by atoms with Crippen LogP contribution in [0.25, 0.3) is 0 Å². The van der Waals surface area contributed by atoms with Crippen LogP contribution in [0.5, 0.6) is 5.75 Å². The summed E-state index contributed by atoms with van der Waals surface area (Å²) in [5.74, 6) is -2.51. The SMILES string of the molecule is C=CC1(Oc2cc(C(=O)OCCS(=O)(=O)[O-])ccc2C(F)(F)F)CCCCC1. The molecule has 0 radical (unpaired) electrons. The van der Waals surface area contributed by atoms with Crippen LogP contribution in [-0.4, -0.2) is 36.9 Å². The van der Waals surface area contributed by atoms with E-state index >= 15 is 0 Å². The minimum atomic E-state index is -4.70. The Labute approximate surface area is 161 Å². The van der Waals surface area contributed by atoms with Crippen molar-refractivity contribution in [2.45, 2.75) is 43.9 Å². The fourth-order valence-electron chi connectivity index (χ4n) is 3.00. The lowest BCUT2D eigenvalue weighted by atomic mass is 9.84. The normalized spacial score (nSPS) is 17.0. The van der Waals surface area contributed by atoms with Crippen molar-refractivity contribution in [3.63, 3.8) is 0 Å². The van der Waals surface area contributed by atoms with Crippen molar-refractivity contribution in [1.29, 1.82) is 0 Å². The molecular weight excluding hydrogens is 401 g/mol. The minimum Gasteiger partial charge on any atom is -0.748 e. The number of hydrogen-bond donors (Lipinski definition) is 0. The number of halogens is 3. The monoisotopic (exact) mass is 421 g/mol. The van der Waals surface area contributed by atoms with E-state index in [9.17, 15) is 30.9 Å². The Hall–Kier alpha value is -2.07. The van der Waals surface area contributed by atoms with Crippen molar-refractivity contribution in [2.75, 3.05) is 12.4 Å². The summed E-state index contributed by atoms with van der Waals surface area (Å²) in [4.78, 5) is 12.0. The smallest absolute Gasteiger partial charge is 0.419 e. The molecule has 1 saturated carbocycles. The van der Waals surface area contributed by atoms with Crippen LogP contribution >= 0.6 is 0 Å². The van der Waals surface area contributed by atoms with Gasteiger partial charge in [0, 0.05) is 0 Å². The molecule has 0 atom stereocenters. The predicted octanol–water partition coefficient (Wildman–Crippen LogP) is 3.68. The van der Waals surface area contributed by atoms with Gasteiger partial charge in [-0.25, -0.2) is 13.2 Å². The van der Waals surface area contributed by atoms with Crippen molar-refractivity contribution in [2.24, 2.45) is 0 Å². The summed E-state index contributed by atoms with van der Waals surface area (Å²) in [6, 6.07) is 2.53. The number of rotatable bonds is 7. The standard InChI is InChI=1S/C18H21F3O6S/c1-2-17(8-4-3-5-9-17)27-15-12-13(6-7-14(15)18(19,20)21)16(22)26-10-11-28(23,24)25/h2,6-7,12H,1,3-5,8-11H2,(H,23,24,25)/p-1. The van der Waals surface area contributed by atoms with Crippen LogP contribution in [0.2, 0.25) is 0 Å². The van der Waals surface area contributed by atoms with Crippen LogP contribution in [0, 0.1) is 0 Å². The van der Waals surface area contributed by atoms with Gasteiger partial charge in [0.25, 0.3) is 0 Å². The Balaban J connectivity index is 2.29. The Morgan fingerprint density at radius 1 is 1.25 bits per heavy atom. The molecule has 0 saturated heterocycles. The number of carbonyl (C=O) groups is 1. The lowest BCUT2D eigenvalue weighted by Crippen LogP contribution is -2.36. The van der Waals surface area contributed by atoms with Gasteiger partial charge in [0.15, 0.2) is 0 Å². The summed E-state index contributed by atoms with van der Waals surface area (Å²) < 4.78 is 82.1. The maximum atomic E-state index is 13.4. The van der Waals surface area contributed by atoms with Crippen molar-refractivity contribution >= 4 is 16.1 Å². The number of hydrogen-bond acceptors (Lipinski definition) is 6. The summed E-state index contributed by atoms with van der Waals surface area (Å²) in [5, 5.41) is 0. The molecule has 156 valence electrons. The fraction of sp³-hybridized carbons (Fsp3) is 0.500. The lowest BCUT2D eigenvalue weighted by molar-refractivity contribution is -0.139. The van der Waals surface area contributed by atoms with Crippen molar-refractivity contribution < 1.29 is 40.4 Å². The predicted molar refractivity (Wildman–Crippen MR) is 92.9 cm³/mol. The third-order valence-corrected chi connectivity index (χ3v) is 5.14. The zero-order valence-corrected chi connectivity index (χ0v) is 15.8. The molecular formula is C18H20F3O6S-. The number of benzene rings is 1.